The number of rotatable bonds is 10. The number of likely N-dealkylation sites (N-methyl/N-ethyl adjacent to an activating group) is 2. The molecule has 0 saturated carbocycles. The molecule has 0 fully saturated rings. The molecule has 48 heavy (non-hydrogen) atoms. The molecule has 2 aromatic carbocycles. The highest BCUT2D eigenvalue weighted by Gasteiger charge is 2.31. The van der Waals surface area contributed by atoms with E-state index in [-0.39, 0.29) is 35.9 Å². The van der Waals surface area contributed by atoms with Gasteiger partial charge < -0.3 is 9.38 Å². The van der Waals surface area contributed by atoms with E-state index in [2.05, 4.69) is 26.6 Å². The number of carbonyl (C=O) groups excluding carboxylic acids is 2. The fourth-order valence-corrected chi connectivity index (χ4v) is 5.18. The van der Waals surface area contributed by atoms with Gasteiger partial charge in [0, 0.05) is 37.2 Å². The summed E-state index contributed by atoms with van der Waals surface area (Å²) in [6.07, 6.45) is -1.42. The molecule has 1 N–H and O–H groups in total. The van der Waals surface area contributed by atoms with E-state index in [1.807, 2.05) is 21.1 Å². The van der Waals surface area contributed by atoms with Crippen LogP contribution in [-0.2, 0) is 15.8 Å². The molecular formula is C34H35F3N9O2+. The molecule has 0 atom stereocenters. The molecule has 0 radical (unpaired) electrons. The number of alkyl halides is 3. The van der Waals surface area contributed by atoms with Crippen molar-refractivity contribution < 1.29 is 27.2 Å². The molecule has 0 spiro atoms. The van der Waals surface area contributed by atoms with Gasteiger partial charge in [-0.2, -0.15) is 28.5 Å². The lowest BCUT2D eigenvalue weighted by atomic mass is 9.95. The quantitative estimate of drug-likeness (QED) is 0.203. The molecule has 14 heteroatoms. The number of nitrogens with one attached hydrogen (secondary N) is 1. The second kappa shape index (κ2) is 13.3. The van der Waals surface area contributed by atoms with Gasteiger partial charge in [0.1, 0.15) is 0 Å². The lowest BCUT2D eigenvalue weighted by molar-refractivity contribution is -0.869. The summed E-state index contributed by atoms with van der Waals surface area (Å²) in [7, 11) is 7.78. The minimum atomic E-state index is -4.57. The average Bonchev–Trinajstić information content (AvgIpc) is 3.68. The second-order valence-electron chi connectivity index (χ2n) is 12.5. The zero-order valence-electron chi connectivity index (χ0n) is 27.2. The van der Waals surface area contributed by atoms with Gasteiger partial charge in [-0.25, -0.2) is 9.20 Å². The maximum atomic E-state index is 13.8. The van der Waals surface area contributed by atoms with Crippen LogP contribution in [0.4, 0.5) is 19.1 Å². The van der Waals surface area contributed by atoms with Crippen molar-refractivity contribution in [2.24, 2.45) is 0 Å². The number of fused-ring (bicyclic) bond motifs is 1. The number of quaternary nitrogens is 1. The van der Waals surface area contributed by atoms with Gasteiger partial charge in [-0.15, -0.1) is 5.10 Å². The van der Waals surface area contributed by atoms with E-state index in [9.17, 15) is 28.0 Å². The van der Waals surface area contributed by atoms with E-state index >= 15 is 0 Å². The zero-order valence-corrected chi connectivity index (χ0v) is 27.2. The smallest absolute Gasteiger partial charge is 0.340 e. The maximum Gasteiger partial charge on any atom is 0.416 e. The van der Waals surface area contributed by atoms with Crippen LogP contribution in [0.3, 0.4) is 0 Å². The van der Waals surface area contributed by atoms with Crippen LogP contribution in [-0.4, -0.2) is 86.9 Å². The number of nitrogens with zero attached hydrogens (tertiary/aromatic N) is 8. The Balaban J connectivity index is 1.52. The molecular weight excluding hydrogens is 623 g/mol. The Labute approximate surface area is 275 Å². The second-order valence-corrected chi connectivity index (χ2v) is 12.5. The summed E-state index contributed by atoms with van der Waals surface area (Å²) in [6, 6.07) is 15.6. The van der Waals surface area contributed by atoms with Crippen LogP contribution in [0.2, 0.25) is 0 Å². The van der Waals surface area contributed by atoms with E-state index < -0.39 is 17.6 Å². The number of pyridine rings is 1. The van der Waals surface area contributed by atoms with Crippen molar-refractivity contribution >= 4 is 23.4 Å². The Morgan fingerprint density at radius 1 is 1.06 bits per heavy atom. The largest absolute Gasteiger partial charge is 0.416 e. The highest BCUT2D eigenvalue weighted by atomic mass is 19.4. The first-order valence-corrected chi connectivity index (χ1v) is 15.1. The van der Waals surface area contributed by atoms with Crippen molar-refractivity contribution in [1.29, 1.82) is 5.26 Å². The average molecular weight is 659 g/mol. The number of halogens is 3. The molecule has 3 heterocycles. The number of hydrogen-bond acceptors (Lipinski definition) is 6. The number of nitriles is 1. The Morgan fingerprint density at radius 3 is 2.46 bits per heavy atom. The maximum absolute atomic E-state index is 13.8. The van der Waals surface area contributed by atoms with Crippen LogP contribution in [0.25, 0.3) is 33.7 Å². The first-order valence-electron chi connectivity index (χ1n) is 15.1. The topological polar surface area (TPSA) is 121 Å². The summed E-state index contributed by atoms with van der Waals surface area (Å²) in [5.41, 5.74) is 3.00. The van der Waals surface area contributed by atoms with Gasteiger partial charge in [-0.1, -0.05) is 12.1 Å². The third kappa shape index (κ3) is 7.53. The van der Waals surface area contributed by atoms with Crippen LogP contribution in [0, 0.1) is 18.3 Å². The molecule has 3 aromatic heterocycles. The normalized spacial score (nSPS) is 11.8. The standard InChI is InChI=1S/C34H34F3N9O2/c1-22-27(28-15-16-39-45(28)26-11-9-23(20-38)10-12-26)21-44-32(31(22)24-7-6-8-25(19-24)34(35,36)37)41-33(42-44)40-29(47)13-14-30(48)43(2)17-18-46(3,4)5/h6-12,15-16,19,21H,13-14,17-18H2,1-5H3/p+1. The van der Waals surface area contributed by atoms with Crippen molar-refractivity contribution in [3.05, 3.63) is 83.7 Å². The van der Waals surface area contributed by atoms with Crippen molar-refractivity contribution in [2.45, 2.75) is 25.9 Å². The number of amides is 2. The molecule has 0 aliphatic rings. The summed E-state index contributed by atoms with van der Waals surface area (Å²) in [5.74, 6) is -0.709. The lowest BCUT2D eigenvalue weighted by Gasteiger charge is -2.27. The van der Waals surface area contributed by atoms with E-state index in [1.54, 1.807) is 72.3 Å². The fourth-order valence-electron chi connectivity index (χ4n) is 5.18. The third-order valence-electron chi connectivity index (χ3n) is 7.87. The van der Waals surface area contributed by atoms with Gasteiger partial charge in [0.25, 0.3) is 0 Å². The van der Waals surface area contributed by atoms with Crippen molar-refractivity contribution in [3.8, 4) is 34.1 Å². The van der Waals surface area contributed by atoms with Crippen LogP contribution in [0.1, 0.15) is 29.5 Å². The van der Waals surface area contributed by atoms with Crippen molar-refractivity contribution in [1.82, 2.24) is 29.3 Å². The Bertz CT molecular complexity index is 2020. The molecule has 248 valence electrons. The monoisotopic (exact) mass is 658 g/mol. The molecule has 0 unspecified atom stereocenters. The molecule has 5 aromatic rings. The highest BCUT2D eigenvalue weighted by molar-refractivity contribution is 5.93. The van der Waals surface area contributed by atoms with Gasteiger partial charge in [-0.05, 0) is 60.5 Å². The van der Waals surface area contributed by atoms with Gasteiger partial charge in [-0.3, -0.25) is 14.9 Å². The van der Waals surface area contributed by atoms with Crippen LogP contribution in [0.5, 0.6) is 0 Å². The zero-order chi connectivity index (χ0) is 34.8. The number of anilines is 1. The van der Waals surface area contributed by atoms with Gasteiger partial charge >= 0.3 is 6.18 Å². The minimum Gasteiger partial charge on any atom is -0.340 e. The van der Waals surface area contributed by atoms with Crippen LogP contribution in [0.15, 0.2) is 67.0 Å². The molecule has 0 aliphatic carbocycles. The predicted molar refractivity (Wildman–Crippen MR) is 174 cm³/mol. The Kier molecular flexibility index (Phi) is 9.36. The fraction of sp³-hybridized carbons (Fsp3) is 0.294. The summed E-state index contributed by atoms with van der Waals surface area (Å²) in [5, 5.41) is 20.8. The molecule has 2 amide bonds. The summed E-state index contributed by atoms with van der Waals surface area (Å²) in [4.78, 5) is 31.6. The van der Waals surface area contributed by atoms with Gasteiger partial charge in [0.15, 0.2) is 5.65 Å². The first-order chi connectivity index (χ1) is 22.6. The summed E-state index contributed by atoms with van der Waals surface area (Å²) < 4.78 is 45.1. The number of carbonyl (C=O) groups is 2. The van der Waals surface area contributed by atoms with Crippen LogP contribution < -0.4 is 5.32 Å². The summed E-state index contributed by atoms with van der Waals surface area (Å²) >= 11 is 0. The van der Waals surface area contributed by atoms with Gasteiger partial charge in [0.2, 0.25) is 17.8 Å². The minimum absolute atomic E-state index is 0.00900. The Morgan fingerprint density at radius 2 is 1.79 bits per heavy atom. The van der Waals surface area contributed by atoms with Gasteiger partial charge in [0.05, 0.1) is 69.0 Å². The number of benzene rings is 2. The van der Waals surface area contributed by atoms with Crippen molar-refractivity contribution in [2.75, 3.05) is 46.6 Å². The predicted octanol–water partition coefficient (Wildman–Crippen LogP) is 5.33. The molecule has 0 saturated heterocycles. The van der Waals surface area contributed by atoms with Crippen LogP contribution >= 0.6 is 0 Å². The van der Waals surface area contributed by atoms with E-state index in [1.165, 1.54) is 10.6 Å². The van der Waals surface area contributed by atoms with E-state index in [0.717, 1.165) is 18.7 Å². The molecule has 11 nitrogen and oxygen atoms in total. The molecule has 5 rings (SSSR count). The highest BCUT2D eigenvalue weighted by Crippen LogP contribution is 2.38. The molecule has 0 bridgehead atoms. The Hall–Kier alpha value is -5.55. The van der Waals surface area contributed by atoms with E-state index in [4.69, 9.17) is 0 Å². The lowest BCUT2D eigenvalue weighted by Crippen LogP contribution is -2.42. The summed E-state index contributed by atoms with van der Waals surface area (Å²) in [6.45, 7) is 3.07. The molecule has 0 aliphatic heterocycles. The third-order valence-corrected chi connectivity index (χ3v) is 7.87. The SMILES string of the molecule is Cc1c(-c2ccnn2-c2ccc(C#N)cc2)cn2nc(NC(=O)CCC(=O)N(C)CC[N+](C)(C)C)nc2c1-c1cccc(C(F)(F)F)c1. The number of hydrogen-bond donors (Lipinski definition) is 1. The first kappa shape index (κ1) is 33.8. The van der Waals surface area contributed by atoms with Crippen molar-refractivity contribution in [3.63, 3.8) is 0 Å². The number of aromatic nitrogens is 5. The van der Waals surface area contributed by atoms with E-state index in [0.29, 0.717) is 44.7 Å².